The lowest BCUT2D eigenvalue weighted by Gasteiger charge is -2.30. The second-order valence-electron chi connectivity index (χ2n) is 5.60. The van der Waals surface area contributed by atoms with Crippen molar-refractivity contribution in [2.24, 2.45) is 17.8 Å². The summed E-state index contributed by atoms with van der Waals surface area (Å²) in [5, 5.41) is 1.04. The summed E-state index contributed by atoms with van der Waals surface area (Å²) < 4.78 is 0. The molecule has 98 valence electrons. The molecule has 1 aromatic rings. The molecule has 0 aliphatic heterocycles. The SMILES string of the molecule is CC1CC(C)CC(C(=O)c2ccc(Cl)cc2Cl)C1. The molecule has 0 radical (unpaired) electrons. The van der Waals surface area contributed by atoms with Crippen LogP contribution in [0, 0.1) is 17.8 Å². The van der Waals surface area contributed by atoms with E-state index < -0.39 is 0 Å². The minimum Gasteiger partial charge on any atom is -0.294 e. The van der Waals surface area contributed by atoms with Crippen molar-refractivity contribution in [2.45, 2.75) is 33.1 Å². The molecule has 1 aromatic carbocycles. The van der Waals surface area contributed by atoms with E-state index in [1.54, 1.807) is 18.2 Å². The first-order valence-electron chi connectivity index (χ1n) is 6.46. The maximum absolute atomic E-state index is 12.5. The van der Waals surface area contributed by atoms with E-state index in [0.29, 0.717) is 27.4 Å². The zero-order valence-corrected chi connectivity index (χ0v) is 12.3. The van der Waals surface area contributed by atoms with E-state index in [9.17, 15) is 4.79 Å². The molecule has 1 nitrogen and oxygen atoms in total. The summed E-state index contributed by atoms with van der Waals surface area (Å²) in [6.07, 6.45) is 3.17. The summed E-state index contributed by atoms with van der Waals surface area (Å²) in [4.78, 5) is 12.5. The molecular formula is C15H18Cl2O. The van der Waals surface area contributed by atoms with Crippen molar-refractivity contribution in [1.29, 1.82) is 0 Å². The summed E-state index contributed by atoms with van der Waals surface area (Å²) in [5.41, 5.74) is 0.618. The Morgan fingerprint density at radius 1 is 1.11 bits per heavy atom. The molecule has 0 N–H and O–H groups in total. The van der Waals surface area contributed by atoms with Gasteiger partial charge in [0.1, 0.15) is 0 Å². The first-order chi connectivity index (χ1) is 8.47. The van der Waals surface area contributed by atoms with Gasteiger partial charge in [0, 0.05) is 16.5 Å². The van der Waals surface area contributed by atoms with Crippen LogP contribution < -0.4 is 0 Å². The molecule has 1 aliphatic carbocycles. The monoisotopic (exact) mass is 284 g/mol. The zero-order valence-electron chi connectivity index (χ0n) is 10.7. The van der Waals surface area contributed by atoms with Crippen LogP contribution in [0.3, 0.4) is 0 Å². The molecule has 1 fully saturated rings. The van der Waals surface area contributed by atoms with Gasteiger partial charge >= 0.3 is 0 Å². The highest BCUT2D eigenvalue weighted by Crippen LogP contribution is 2.36. The number of benzene rings is 1. The van der Waals surface area contributed by atoms with Crippen molar-refractivity contribution in [3.8, 4) is 0 Å². The molecule has 1 saturated carbocycles. The van der Waals surface area contributed by atoms with Crippen LogP contribution in [0.2, 0.25) is 10.0 Å². The summed E-state index contributed by atoms with van der Waals surface area (Å²) >= 11 is 12.0. The largest absolute Gasteiger partial charge is 0.294 e. The van der Waals surface area contributed by atoms with Gasteiger partial charge in [-0.3, -0.25) is 4.79 Å². The Bertz CT molecular complexity index is 446. The lowest BCUT2D eigenvalue weighted by atomic mass is 9.74. The summed E-state index contributed by atoms with van der Waals surface area (Å²) in [6.45, 7) is 4.44. The van der Waals surface area contributed by atoms with E-state index in [4.69, 9.17) is 23.2 Å². The molecule has 0 heterocycles. The van der Waals surface area contributed by atoms with Crippen LogP contribution in [0.5, 0.6) is 0 Å². The normalized spacial score (nSPS) is 28.1. The van der Waals surface area contributed by atoms with Crippen molar-refractivity contribution in [3.63, 3.8) is 0 Å². The average molecular weight is 285 g/mol. The molecule has 2 rings (SSSR count). The predicted octanol–water partition coefficient (Wildman–Crippen LogP) is 5.25. The lowest BCUT2D eigenvalue weighted by Crippen LogP contribution is -2.26. The first-order valence-corrected chi connectivity index (χ1v) is 7.22. The summed E-state index contributed by atoms with van der Waals surface area (Å²) in [7, 11) is 0. The van der Waals surface area contributed by atoms with Gasteiger partial charge in [0.25, 0.3) is 0 Å². The van der Waals surface area contributed by atoms with E-state index in [1.807, 2.05) is 0 Å². The Labute approximate surface area is 118 Å². The Balaban J connectivity index is 2.20. The molecule has 0 aromatic heterocycles. The first kappa shape index (κ1) is 13.9. The highest BCUT2D eigenvalue weighted by molar-refractivity contribution is 6.36. The third kappa shape index (κ3) is 3.07. The standard InChI is InChI=1S/C15H18Cl2O/c1-9-5-10(2)7-11(6-9)15(18)13-4-3-12(16)8-14(13)17/h3-4,8-11H,5-7H2,1-2H3. The van der Waals surface area contributed by atoms with Gasteiger partial charge in [-0.1, -0.05) is 37.0 Å². The second-order valence-corrected chi connectivity index (χ2v) is 6.45. The average Bonchev–Trinajstić information content (AvgIpc) is 2.26. The van der Waals surface area contributed by atoms with Gasteiger partial charge in [0.15, 0.2) is 5.78 Å². The third-order valence-electron chi connectivity index (χ3n) is 3.75. The van der Waals surface area contributed by atoms with Crippen LogP contribution >= 0.6 is 23.2 Å². The molecule has 0 saturated heterocycles. The number of hydrogen-bond acceptors (Lipinski definition) is 1. The highest BCUT2D eigenvalue weighted by Gasteiger charge is 2.30. The van der Waals surface area contributed by atoms with Gasteiger partial charge in [-0.25, -0.2) is 0 Å². The molecule has 18 heavy (non-hydrogen) atoms. The molecule has 0 amide bonds. The van der Waals surface area contributed by atoms with E-state index in [2.05, 4.69) is 13.8 Å². The van der Waals surface area contributed by atoms with Gasteiger partial charge in [-0.05, 0) is 49.3 Å². The predicted molar refractivity (Wildman–Crippen MR) is 76.5 cm³/mol. The van der Waals surface area contributed by atoms with Gasteiger partial charge in [0.05, 0.1) is 5.02 Å². The topological polar surface area (TPSA) is 17.1 Å². The fourth-order valence-corrected chi connectivity index (χ4v) is 3.57. The van der Waals surface area contributed by atoms with Crippen molar-refractivity contribution in [1.82, 2.24) is 0 Å². The minimum absolute atomic E-state index is 0.113. The van der Waals surface area contributed by atoms with Crippen LogP contribution in [-0.4, -0.2) is 5.78 Å². The molecule has 0 bridgehead atoms. The van der Waals surface area contributed by atoms with E-state index in [-0.39, 0.29) is 11.7 Å². The number of halogens is 2. The number of hydrogen-bond donors (Lipinski definition) is 0. The van der Waals surface area contributed by atoms with Gasteiger partial charge in [-0.15, -0.1) is 0 Å². The second kappa shape index (κ2) is 5.63. The van der Waals surface area contributed by atoms with Crippen molar-refractivity contribution >= 4 is 29.0 Å². The Kier molecular flexibility index (Phi) is 4.34. The molecule has 0 spiro atoms. The number of carbonyl (C=O) groups is 1. The van der Waals surface area contributed by atoms with Gasteiger partial charge < -0.3 is 0 Å². The zero-order chi connectivity index (χ0) is 13.3. The maximum Gasteiger partial charge on any atom is 0.167 e. The summed E-state index contributed by atoms with van der Waals surface area (Å²) in [5.74, 6) is 1.53. The summed E-state index contributed by atoms with van der Waals surface area (Å²) in [6, 6.07) is 5.12. The smallest absolute Gasteiger partial charge is 0.167 e. The quantitative estimate of drug-likeness (QED) is 0.678. The van der Waals surface area contributed by atoms with Crippen LogP contribution in [0.15, 0.2) is 18.2 Å². The van der Waals surface area contributed by atoms with E-state index in [0.717, 1.165) is 12.8 Å². The van der Waals surface area contributed by atoms with Crippen LogP contribution in [-0.2, 0) is 0 Å². The molecule has 2 atom stereocenters. The molecule has 2 unspecified atom stereocenters. The fraction of sp³-hybridized carbons (Fsp3) is 0.533. The van der Waals surface area contributed by atoms with Crippen LogP contribution in [0.25, 0.3) is 0 Å². The molecular weight excluding hydrogens is 267 g/mol. The van der Waals surface area contributed by atoms with Crippen molar-refractivity contribution < 1.29 is 4.79 Å². The van der Waals surface area contributed by atoms with Crippen molar-refractivity contribution in [3.05, 3.63) is 33.8 Å². The maximum atomic E-state index is 12.5. The minimum atomic E-state index is 0.113. The van der Waals surface area contributed by atoms with Crippen molar-refractivity contribution in [2.75, 3.05) is 0 Å². The van der Waals surface area contributed by atoms with E-state index in [1.165, 1.54) is 6.42 Å². The third-order valence-corrected chi connectivity index (χ3v) is 4.29. The van der Waals surface area contributed by atoms with Gasteiger partial charge in [-0.2, -0.15) is 0 Å². The van der Waals surface area contributed by atoms with Crippen LogP contribution in [0.4, 0.5) is 0 Å². The van der Waals surface area contributed by atoms with Gasteiger partial charge in [0.2, 0.25) is 0 Å². The Hall–Kier alpha value is -0.530. The Morgan fingerprint density at radius 2 is 1.72 bits per heavy atom. The number of ketones is 1. The molecule has 1 aliphatic rings. The lowest BCUT2D eigenvalue weighted by molar-refractivity contribution is 0.0836. The fourth-order valence-electron chi connectivity index (χ4n) is 3.07. The number of Topliss-reactive ketones (excluding diaryl/α,β-unsaturated/α-hetero) is 1. The number of carbonyl (C=O) groups excluding carboxylic acids is 1. The number of rotatable bonds is 2. The van der Waals surface area contributed by atoms with Crippen LogP contribution in [0.1, 0.15) is 43.5 Å². The molecule has 3 heteroatoms. The van der Waals surface area contributed by atoms with E-state index >= 15 is 0 Å². The highest BCUT2D eigenvalue weighted by atomic mass is 35.5. The Morgan fingerprint density at radius 3 is 2.28 bits per heavy atom.